The van der Waals surface area contributed by atoms with E-state index >= 15 is 0 Å². The quantitative estimate of drug-likeness (QED) is 0.365. The summed E-state index contributed by atoms with van der Waals surface area (Å²) in [6.45, 7) is 1.50. The van der Waals surface area contributed by atoms with Crippen molar-refractivity contribution in [2.45, 2.75) is 63.4 Å². The van der Waals surface area contributed by atoms with E-state index in [0.29, 0.717) is 12.8 Å². The summed E-state index contributed by atoms with van der Waals surface area (Å²) >= 11 is 0. The Morgan fingerprint density at radius 3 is 2.52 bits per heavy atom. The van der Waals surface area contributed by atoms with Crippen molar-refractivity contribution in [3.8, 4) is 0 Å². The second-order valence-corrected chi connectivity index (χ2v) is 6.88. The molecule has 2 rings (SSSR count). The van der Waals surface area contributed by atoms with Gasteiger partial charge in [-0.2, -0.15) is 0 Å². The van der Waals surface area contributed by atoms with Gasteiger partial charge in [-0.15, -0.1) is 0 Å². The molecule has 162 valence electrons. The number of rotatable bonds is 10. The molecule has 1 aliphatic heterocycles. The summed E-state index contributed by atoms with van der Waals surface area (Å²) in [6.07, 6.45) is -3.10. The zero-order valence-electron chi connectivity index (χ0n) is 16.4. The van der Waals surface area contributed by atoms with Crippen molar-refractivity contribution in [3.05, 3.63) is 35.9 Å². The molecule has 4 N–H and O–H groups in total. The van der Waals surface area contributed by atoms with E-state index in [1.165, 1.54) is 6.92 Å². The SMILES string of the molecule is CC(=O)OCC1O[C@@H](OCCCCC(=O)OCc2ccccc2)[C@@H](N)C(O)[C@H]1O. The Labute approximate surface area is 169 Å². The second kappa shape index (κ2) is 11.8. The van der Waals surface area contributed by atoms with Crippen LogP contribution in [0.5, 0.6) is 0 Å². The molecule has 9 heteroatoms. The minimum Gasteiger partial charge on any atom is -0.463 e. The average Bonchev–Trinajstić information content (AvgIpc) is 2.71. The minimum absolute atomic E-state index is 0.215. The highest BCUT2D eigenvalue weighted by molar-refractivity contribution is 5.69. The minimum atomic E-state index is -1.29. The first kappa shape index (κ1) is 23.2. The Balaban J connectivity index is 1.65. The van der Waals surface area contributed by atoms with Crippen LogP contribution in [0, 0.1) is 0 Å². The van der Waals surface area contributed by atoms with Crippen molar-refractivity contribution < 1.29 is 38.7 Å². The third-order valence-electron chi connectivity index (χ3n) is 4.50. The molecule has 0 radical (unpaired) electrons. The fourth-order valence-electron chi connectivity index (χ4n) is 2.82. The zero-order chi connectivity index (χ0) is 21.2. The molecule has 5 atom stereocenters. The highest BCUT2D eigenvalue weighted by atomic mass is 16.7. The second-order valence-electron chi connectivity index (χ2n) is 6.88. The lowest BCUT2D eigenvalue weighted by Crippen LogP contribution is -2.62. The first-order valence-corrected chi connectivity index (χ1v) is 9.60. The first-order chi connectivity index (χ1) is 13.9. The molecule has 29 heavy (non-hydrogen) atoms. The largest absolute Gasteiger partial charge is 0.463 e. The van der Waals surface area contributed by atoms with Crippen molar-refractivity contribution >= 4 is 11.9 Å². The molecule has 1 aromatic carbocycles. The molecule has 0 bridgehead atoms. The standard InChI is InChI=1S/C20H29NO8/c1-13(22)27-12-15-18(24)19(25)17(21)20(29-15)26-10-6-5-9-16(23)28-11-14-7-3-2-4-8-14/h2-4,7-8,15,17-20,24-25H,5-6,9-12,21H2,1H3/t15?,17-,18-,19?,20+/m0/s1. The number of hydrogen-bond acceptors (Lipinski definition) is 9. The summed E-state index contributed by atoms with van der Waals surface area (Å²) < 4.78 is 21.1. The van der Waals surface area contributed by atoms with Gasteiger partial charge in [-0.3, -0.25) is 9.59 Å². The van der Waals surface area contributed by atoms with E-state index < -0.39 is 36.6 Å². The number of ether oxygens (including phenoxy) is 4. The van der Waals surface area contributed by atoms with Crippen LogP contribution in [0.4, 0.5) is 0 Å². The lowest BCUT2D eigenvalue weighted by atomic mass is 9.98. The van der Waals surface area contributed by atoms with Gasteiger partial charge >= 0.3 is 11.9 Å². The lowest BCUT2D eigenvalue weighted by Gasteiger charge is -2.40. The molecule has 0 amide bonds. The smallest absolute Gasteiger partial charge is 0.306 e. The monoisotopic (exact) mass is 411 g/mol. The van der Waals surface area contributed by atoms with Gasteiger partial charge in [-0.1, -0.05) is 30.3 Å². The number of benzene rings is 1. The van der Waals surface area contributed by atoms with Crippen LogP contribution in [0.2, 0.25) is 0 Å². The molecule has 1 heterocycles. The van der Waals surface area contributed by atoms with Crippen LogP contribution in [0.15, 0.2) is 30.3 Å². The van der Waals surface area contributed by atoms with Crippen molar-refractivity contribution in [1.29, 1.82) is 0 Å². The van der Waals surface area contributed by atoms with Crippen LogP contribution in [0.3, 0.4) is 0 Å². The van der Waals surface area contributed by atoms with Crippen molar-refractivity contribution in [2.24, 2.45) is 5.73 Å². The third kappa shape index (κ3) is 7.71. The van der Waals surface area contributed by atoms with Gasteiger partial charge in [0.1, 0.15) is 31.5 Å². The fraction of sp³-hybridized carbons (Fsp3) is 0.600. The highest BCUT2D eigenvalue weighted by Gasteiger charge is 2.43. The van der Waals surface area contributed by atoms with E-state index in [9.17, 15) is 19.8 Å². The summed E-state index contributed by atoms with van der Waals surface area (Å²) in [5, 5.41) is 20.0. The maximum absolute atomic E-state index is 11.8. The predicted molar refractivity (Wildman–Crippen MR) is 101 cm³/mol. The maximum Gasteiger partial charge on any atom is 0.306 e. The number of esters is 2. The normalized spacial score (nSPS) is 26.7. The van der Waals surface area contributed by atoms with Crippen LogP contribution in [0.25, 0.3) is 0 Å². The number of carbonyl (C=O) groups excluding carboxylic acids is 2. The highest BCUT2D eigenvalue weighted by Crippen LogP contribution is 2.21. The van der Waals surface area contributed by atoms with E-state index in [-0.39, 0.29) is 32.2 Å². The summed E-state index contributed by atoms with van der Waals surface area (Å²) in [6, 6.07) is 8.47. The van der Waals surface area contributed by atoms with E-state index in [4.69, 9.17) is 24.7 Å². The number of nitrogens with two attached hydrogens (primary N) is 1. The Bertz CT molecular complexity index is 641. The Morgan fingerprint density at radius 1 is 1.10 bits per heavy atom. The van der Waals surface area contributed by atoms with Gasteiger partial charge < -0.3 is 34.9 Å². The van der Waals surface area contributed by atoms with Gasteiger partial charge in [0.2, 0.25) is 0 Å². The predicted octanol–water partition coefficient (Wildman–Crippen LogP) is 0.254. The molecular formula is C20H29NO8. The molecule has 9 nitrogen and oxygen atoms in total. The Hall–Kier alpha value is -2.04. The molecule has 1 fully saturated rings. The van der Waals surface area contributed by atoms with Crippen LogP contribution in [-0.2, 0) is 35.1 Å². The Kier molecular flexibility index (Phi) is 9.49. The van der Waals surface area contributed by atoms with Crippen LogP contribution >= 0.6 is 0 Å². The fourth-order valence-corrected chi connectivity index (χ4v) is 2.82. The van der Waals surface area contributed by atoms with Gasteiger partial charge in [-0.25, -0.2) is 0 Å². The van der Waals surface area contributed by atoms with Gasteiger partial charge in [0, 0.05) is 20.0 Å². The van der Waals surface area contributed by atoms with Crippen molar-refractivity contribution in [2.75, 3.05) is 13.2 Å². The molecule has 1 saturated heterocycles. The number of hydrogen-bond donors (Lipinski definition) is 3. The number of aliphatic hydroxyl groups is 2. The summed E-state index contributed by atoms with van der Waals surface area (Å²) in [7, 11) is 0. The van der Waals surface area contributed by atoms with E-state index in [1.54, 1.807) is 0 Å². The molecule has 2 unspecified atom stereocenters. The van der Waals surface area contributed by atoms with Gasteiger partial charge in [-0.05, 0) is 18.4 Å². The first-order valence-electron chi connectivity index (χ1n) is 9.60. The van der Waals surface area contributed by atoms with Gasteiger partial charge in [0.05, 0.1) is 6.04 Å². The molecule has 0 saturated carbocycles. The van der Waals surface area contributed by atoms with Crippen LogP contribution in [0.1, 0.15) is 31.7 Å². The van der Waals surface area contributed by atoms with Crippen LogP contribution < -0.4 is 5.73 Å². The van der Waals surface area contributed by atoms with Gasteiger partial charge in [0.25, 0.3) is 0 Å². The number of aliphatic hydroxyl groups excluding tert-OH is 2. The molecule has 1 aliphatic rings. The molecule has 0 aliphatic carbocycles. The van der Waals surface area contributed by atoms with E-state index in [2.05, 4.69) is 0 Å². The average molecular weight is 411 g/mol. The van der Waals surface area contributed by atoms with Crippen molar-refractivity contribution in [3.63, 3.8) is 0 Å². The summed E-state index contributed by atoms with van der Waals surface area (Å²) in [4.78, 5) is 22.7. The topological polar surface area (TPSA) is 138 Å². The summed E-state index contributed by atoms with van der Waals surface area (Å²) in [5.41, 5.74) is 6.77. The molecule has 0 spiro atoms. The third-order valence-corrected chi connectivity index (χ3v) is 4.50. The van der Waals surface area contributed by atoms with E-state index in [0.717, 1.165) is 5.56 Å². The zero-order valence-corrected chi connectivity index (χ0v) is 16.4. The molecule has 1 aromatic rings. The van der Waals surface area contributed by atoms with Crippen LogP contribution in [-0.4, -0.2) is 66.0 Å². The number of unbranched alkanes of at least 4 members (excludes halogenated alkanes) is 1. The van der Waals surface area contributed by atoms with Gasteiger partial charge in [0.15, 0.2) is 6.29 Å². The Morgan fingerprint density at radius 2 is 1.83 bits per heavy atom. The molecular weight excluding hydrogens is 382 g/mol. The van der Waals surface area contributed by atoms with Crippen molar-refractivity contribution in [1.82, 2.24) is 0 Å². The summed E-state index contributed by atoms with van der Waals surface area (Å²) in [5.74, 6) is -0.818. The molecule has 0 aromatic heterocycles. The number of carbonyl (C=O) groups is 2. The lowest BCUT2D eigenvalue weighted by molar-refractivity contribution is -0.267. The maximum atomic E-state index is 11.8. The van der Waals surface area contributed by atoms with E-state index in [1.807, 2.05) is 30.3 Å².